The molecule has 0 bridgehead atoms. The summed E-state index contributed by atoms with van der Waals surface area (Å²) in [5.74, 6) is -1.69. The third-order valence-corrected chi connectivity index (χ3v) is 5.97. The summed E-state index contributed by atoms with van der Waals surface area (Å²) in [7, 11) is 2.07. The van der Waals surface area contributed by atoms with Gasteiger partial charge in [0.1, 0.15) is 17.2 Å². The Morgan fingerprint density at radius 1 is 1.12 bits per heavy atom. The van der Waals surface area contributed by atoms with E-state index < -0.39 is 22.8 Å². The first-order valence-electron chi connectivity index (χ1n) is 11.0. The van der Waals surface area contributed by atoms with Crippen molar-refractivity contribution in [3.8, 4) is 16.9 Å². The molecule has 33 heavy (non-hydrogen) atoms. The van der Waals surface area contributed by atoms with Gasteiger partial charge in [0.25, 0.3) is 5.56 Å². The van der Waals surface area contributed by atoms with Gasteiger partial charge in [-0.05, 0) is 37.7 Å². The molecule has 8 nitrogen and oxygen atoms in total. The van der Waals surface area contributed by atoms with Crippen LogP contribution in [0, 0.1) is 5.82 Å². The molecule has 1 N–H and O–H groups in total. The fraction of sp³-hybridized carbons (Fsp3) is 0.375. The van der Waals surface area contributed by atoms with Crippen molar-refractivity contribution < 1.29 is 19.0 Å². The number of rotatable bonds is 6. The van der Waals surface area contributed by atoms with Gasteiger partial charge in [0.15, 0.2) is 5.56 Å². The van der Waals surface area contributed by atoms with E-state index in [9.17, 15) is 19.1 Å². The van der Waals surface area contributed by atoms with Crippen molar-refractivity contribution in [3.63, 3.8) is 0 Å². The summed E-state index contributed by atoms with van der Waals surface area (Å²) < 4.78 is 19.8. The van der Waals surface area contributed by atoms with Crippen LogP contribution >= 0.6 is 0 Å². The third-order valence-electron chi connectivity index (χ3n) is 5.97. The first-order valence-corrected chi connectivity index (χ1v) is 11.0. The molecule has 3 aromatic rings. The first-order chi connectivity index (χ1) is 15.9. The summed E-state index contributed by atoms with van der Waals surface area (Å²) in [6.07, 6.45) is 1.57. The number of aromatic hydroxyl groups is 1. The Morgan fingerprint density at radius 3 is 2.48 bits per heavy atom. The zero-order valence-corrected chi connectivity index (χ0v) is 18.8. The molecule has 0 aliphatic carbocycles. The Morgan fingerprint density at radius 2 is 1.82 bits per heavy atom. The van der Waals surface area contributed by atoms with Gasteiger partial charge in [-0.2, -0.15) is 0 Å². The number of hydrogen-bond acceptors (Lipinski definition) is 7. The van der Waals surface area contributed by atoms with Crippen LogP contribution in [0.3, 0.4) is 0 Å². The number of likely N-dealkylation sites (N-methyl/N-ethyl adjacent to an activating group) is 1. The lowest BCUT2D eigenvalue weighted by molar-refractivity contribution is 0.0520. The van der Waals surface area contributed by atoms with Crippen LogP contribution in [0.2, 0.25) is 0 Å². The average Bonchev–Trinajstić information content (AvgIpc) is 2.81. The largest absolute Gasteiger partial charge is 0.506 e. The molecule has 1 aromatic carbocycles. The van der Waals surface area contributed by atoms with Crippen LogP contribution < -0.4 is 5.56 Å². The van der Waals surface area contributed by atoms with E-state index in [1.165, 1.54) is 16.7 Å². The Bertz CT molecular complexity index is 1220. The standard InChI is InChI=1S/C24H27FN4O4/c1-3-33-24(32)20-21(30)19-14-17(16-4-6-18(25)7-5-16)15-26-22(19)29(23(20)31)13-12-28-10-8-27(2)9-11-28/h4-7,14-15,30H,3,8-13H2,1-2H3. The van der Waals surface area contributed by atoms with Crippen molar-refractivity contribution in [1.29, 1.82) is 0 Å². The number of esters is 1. The minimum absolute atomic E-state index is 0.0743. The van der Waals surface area contributed by atoms with Gasteiger partial charge < -0.3 is 14.7 Å². The van der Waals surface area contributed by atoms with Crippen LogP contribution in [-0.2, 0) is 11.3 Å². The summed E-state index contributed by atoms with van der Waals surface area (Å²) in [6.45, 7) is 6.28. The van der Waals surface area contributed by atoms with E-state index in [-0.39, 0.29) is 23.5 Å². The summed E-state index contributed by atoms with van der Waals surface area (Å²) in [5.41, 5.74) is 0.566. The van der Waals surface area contributed by atoms with E-state index in [2.05, 4.69) is 21.8 Å². The third kappa shape index (κ3) is 4.74. The maximum absolute atomic E-state index is 13.3. The van der Waals surface area contributed by atoms with E-state index in [1.54, 1.807) is 31.3 Å². The lowest BCUT2D eigenvalue weighted by Gasteiger charge is -2.32. The van der Waals surface area contributed by atoms with Gasteiger partial charge in [0, 0.05) is 51.0 Å². The van der Waals surface area contributed by atoms with E-state index in [0.29, 0.717) is 24.2 Å². The molecule has 9 heteroatoms. The van der Waals surface area contributed by atoms with Crippen LogP contribution in [-0.4, -0.2) is 76.8 Å². The van der Waals surface area contributed by atoms with Gasteiger partial charge in [-0.15, -0.1) is 0 Å². The monoisotopic (exact) mass is 454 g/mol. The molecule has 0 amide bonds. The smallest absolute Gasteiger partial charge is 0.347 e. The molecule has 0 radical (unpaired) electrons. The molecule has 0 spiro atoms. The highest BCUT2D eigenvalue weighted by atomic mass is 19.1. The molecular formula is C24H27FN4O4. The molecule has 0 atom stereocenters. The second kappa shape index (κ2) is 9.68. The summed E-state index contributed by atoms with van der Waals surface area (Å²) in [6, 6.07) is 7.52. The number of fused-ring (bicyclic) bond motifs is 1. The lowest BCUT2D eigenvalue weighted by atomic mass is 10.0. The minimum Gasteiger partial charge on any atom is -0.506 e. The van der Waals surface area contributed by atoms with Crippen molar-refractivity contribution >= 4 is 17.0 Å². The first kappa shape index (κ1) is 22.9. The Hall–Kier alpha value is -3.30. The molecule has 4 rings (SSSR count). The normalized spacial score (nSPS) is 15.1. The van der Waals surface area contributed by atoms with E-state index >= 15 is 0 Å². The van der Waals surface area contributed by atoms with Crippen LogP contribution in [0.1, 0.15) is 17.3 Å². The maximum Gasteiger partial charge on any atom is 0.347 e. The number of halogens is 1. The number of carbonyl (C=O) groups excluding carboxylic acids is 1. The quantitative estimate of drug-likeness (QED) is 0.572. The highest BCUT2D eigenvalue weighted by Gasteiger charge is 2.25. The fourth-order valence-corrected chi connectivity index (χ4v) is 4.02. The topological polar surface area (TPSA) is 87.9 Å². The van der Waals surface area contributed by atoms with Crippen molar-refractivity contribution in [2.75, 3.05) is 46.4 Å². The SMILES string of the molecule is CCOC(=O)c1c(O)c2cc(-c3ccc(F)cc3)cnc2n(CCN2CCN(C)CC2)c1=O. The lowest BCUT2D eigenvalue weighted by Crippen LogP contribution is -2.46. The van der Waals surface area contributed by atoms with Gasteiger partial charge in [0.2, 0.25) is 0 Å². The summed E-state index contributed by atoms with van der Waals surface area (Å²) in [4.78, 5) is 34.7. The van der Waals surface area contributed by atoms with Crippen LogP contribution in [0.5, 0.6) is 5.75 Å². The predicted molar refractivity (Wildman–Crippen MR) is 123 cm³/mol. The molecule has 0 saturated carbocycles. The number of piperazine rings is 1. The van der Waals surface area contributed by atoms with Crippen molar-refractivity contribution in [1.82, 2.24) is 19.4 Å². The zero-order valence-electron chi connectivity index (χ0n) is 18.8. The summed E-state index contributed by atoms with van der Waals surface area (Å²) in [5, 5.41) is 11.1. The van der Waals surface area contributed by atoms with E-state index in [1.807, 2.05) is 0 Å². The number of aromatic nitrogens is 2. The molecule has 174 valence electrons. The average molecular weight is 455 g/mol. The molecule has 1 aliphatic rings. The number of hydrogen-bond donors (Lipinski definition) is 1. The zero-order chi connectivity index (χ0) is 23.5. The Labute approximate surface area is 190 Å². The number of benzene rings is 1. The number of pyridine rings is 2. The number of carbonyl (C=O) groups is 1. The molecule has 1 saturated heterocycles. The van der Waals surface area contributed by atoms with Crippen molar-refractivity contribution in [3.05, 3.63) is 58.3 Å². The number of nitrogens with zero attached hydrogens (tertiary/aromatic N) is 4. The predicted octanol–water partition coefficient (Wildman–Crippen LogP) is 2.33. The molecule has 3 heterocycles. The minimum atomic E-state index is -0.873. The molecule has 1 fully saturated rings. The van der Waals surface area contributed by atoms with Gasteiger partial charge in [-0.25, -0.2) is 14.2 Å². The Kier molecular flexibility index (Phi) is 6.71. The van der Waals surface area contributed by atoms with Gasteiger partial charge >= 0.3 is 5.97 Å². The van der Waals surface area contributed by atoms with Crippen LogP contribution in [0.25, 0.3) is 22.2 Å². The van der Waals surface area contributed by atoms with Crippen molar-refractivity contribution in [2.24, 2.45) is 0 Å². The Balaban J connectivity index is 1.79. The van der Waals surface area contributed by atoms with Gasteiger partial charge in [-0.3, -0.25) is 14.3 Å². The van der Waals surface area contributed by atoms with Crippen molar-refractivity contribution in [2.45, 2.75) is 13.5 Å². The van der Waals surface area contributed by atoms with Crippen LogP contribution in [0.4, 0.5) is 4.39 Å². The molecular weight excluding hydrogens is 427 g/mol. The van der Waals surface area contributed by atoms with E-state index in [4.69, 9.17) is 4.74 Å². The second-order valence-corrected chi connectivity index (χ2v) is 8.15. The molecule has 2 aromatic heterocycles. The highest BCUT2D eigenvalue weighted by Crippen LogP contribution is 2.30. The highest BCUT2D eigenvalue weighted by molar-refractivity contribution is 5.99. The maximum atomic E-state index is 13.3. The second-order valence-electron chi connectivity index (χ2n) is 8.15. The molecule has 1 aliphatic heterocycles. The van der Waals surface area contributed by atoms with Gasteiger partial charge in [0.05, 0.1) is 12.0 Å². The van der Waals surface area contributed by atoms with E-state index in [0.717, 1.165) is 26.2 Å². The van der Waals surface area contributed by atoms with Crippen LogP contribution in [0.15, 0.2) is 41.3 Å². The summed E-state index contributed by atoms with van der Waals surface area (Å²) >= 11 is 0. The molecule has 0 unspecified atom stereocenters. The fourth-order valence-electron chi connectivity index (χ4n) is 4.02. The van der Waals surface area contributed by atoms with Gasteiger partial charge in [-0.1, -0.05) is 12.1 Å². The number of ether oxygens (including phenoxy) is 1.